The van der Waals surface area contributed by atoms with Gasteiger partial charge in [0.05, 0.1) is 5.56 Å². The highest BCUT2D eigenvalue weighted by atomic mass is 79.9. The molecule has 3 nitrogen and oxygen atoms in total. The number of H-pyrrole nitrogens is 1. The number of aromatic nitrogens is 1. The van der Waals surface area contributed by atoms with Gasteiger partial charge in [-0.25, -0.2) is 0 Å². The lowest BCUT2D eigenvalue weighted by atomic mass is 10.0. The fourth-order valence-corrected chi connectivity index (χ4v) is 3.80. The zero-order valence-corrected chi connectivity index (χ0v) is 14.6. The third kappa shape index (κ3) is 2.56. The first-order valence-corrected chi connectivity index (χ1v) is 8.63. The van der Waals surface area contributed by atoms with Crippen LogP contribution in [0.1, 0.15) is 21.6 Å². The highest BCUT2D eigenvalue weighted by molar-refractivity contribution is 9.10. The van der Waals surface area contributed by atoms with Gasteiger partial charge in [-0.2, -0.15) is 0 Å². The fraction of sp³-hybridized carbons (Fsp3) is 0.167. The molecule has 5 heteroatoms. The third-order valence-corrected chi connectivity index (χ3v) is 5.26. The van der Waals surface area contributed by atoms with E-state index in [-0.39, 0.29) is 5.91 Å². The SMILES string of the molecule is O=C(c1ccccc1Br)N1CCc2[nH]c3cc(Cl)ccc3c2C1. The number of carbonyl (C=O) groups is 1. The molecule has 1 N–H and O–H groups in total. The van der Waals surface area contributed by atoms with E-state index in [1.807, 2.05) is 47.4 Å². The van der Waals surface area contributed by atoms with Gasteiger partial charge in [0.15, 0.2) is 0 Å². The van der Waals surface area contributed by atoms with E-state index in [1.165, 1.54) is 11.3 Å². The molecule has 0 saturated carbocycles. The Bertz CT molecular complexity index is 919. The van der Waals surface area contributed by atoms with Gasteiger partial charge < -0.3 is 9.88 Å². The highest BCUT2D eigenvalue weighted by Gasteiger charge is 2.25. The van der Waals surface area contributed by atoms with Crippen molar-refractivity contribution in [1.29, 1.82) is 0 Å². The number of fused-ring (bicyclic) bond motifs is 3. The molecule has 0 saturated heterocycles. The summed E-state index contributed by atoms with van der Waals surface area (Å²) in [5.74, 6) is 0.0615. The second kappa shape index (κ2) is 5.69. The largest absolute Gasteiger partial charge is 0.358 e. The van der Waals surface area contributed by atoms with Gasteiger partial charge in [0.25, 0.3) is 5.91 Å². The van der Waals surface area contributed by atoms with Crippen LogP contribution in [0.3, 0.4) is 0 Å². The number of hydrogen-bond donors (Lipinski definition) is 1. The fourth-order valence-electron chi connectivity index (χ4n) is 3.17. The van der Waals surface area contributed by atoms with Crippen LogP contribution in [0.4, 0.5) is 0 Å². The number of nitrogens with zero attached hydrogens (tertiary/aromatic N) is 1. The molecule has 0 unspecified atom stereocenters. The number of nitrogens with one attached hydrogen (secondary N) is 1. The lowest BCUT2D eigenvalue weighted by molar-refractivity contribution is 0.0734. The van der Waals surface area contributed by atoms with Crippen molar-refractivity contribution >= 4 is 44.3 Å². The summed E-state index contributed by atoms with van der Waals surface area (Å²) in [7, 11) is 0. The van der Waals surface area contributed by atoms with Crippen LogP contribution in [0.2, 0.25) is 5.02 Å². The van der Waals surface area contributed by atoms with Crippen LogP contribution in [-0.2, 0) is 13.0 Å². The molecule has 23 heavy (non-hydrogen) atoms. The van der Waals surface area contributed by atoms with Crippen molar-refractivity contribution in [3.05, 3.63) is 68.8 Å². The number of benzene rings is 2. The Balaban J connectivity index is 1.70. The molecule has 0 spiro atoms. The van der Waals surface area contributed by atoms with Crippen LogP contribution >= 0.6 is 27.5 Å². The Kier molecular flexibility index (Phi) is 3.66. The molecule has 3 aromatic rings. The quantitative estimate of drug-likeness (QED) is 0.638. The summed E-state index contributed by atoms with van der Waals surface area (Å²) in [6.45, 7) is 1.34. The van der Waals surface area contributed by atoms with Crippen LogP contribution in [-0.4, -0.2) is 22.3 Å². The van der Waals surface area contributed by atoms with Gasteiger partial charge in [-0.05, 0) is 40.2 Å². The van der Waals surface area contributed by atoms with E-state index in [0.29, 0.717) is 18.7 Å². The molecule has 1 aromatic heterocycles. The first-order chi connectivity index (χ1) is 11.1. The second-order valence-corrected chi connectivity index (χ2v) is 7.02. The number of carbonyl (C=O) groups excluding carboxylic acids is 1. The molecule has 1 aliphatic rings. The summed E-state index contributed by atoms with van der Waals surface area (Å²) in [5, 5.41) is 1.87. The monoisotopic (exact) mass is 388 g/mol. The molecule has 2 heterocycles. The number of aromatic amines is 1. The van der Waals surface area contributed by atoms with E-state index in [4.69, 9.17) is 11.6 Å². The summed E-state index contributed by atoms with van der Waals surface area (Å²) >= 11 is 9.54. The number of halogens is 2. The maximum Gasteiger partial charge on any atom is 0.255 e. The molecule has 2 aromatic carbocycles. The average molecular weight is 390 g/mol. The Morgan fingerprint density at radius 3 is 2.87 bits per heavy atom. The number of amides is 1. The maximum absolute atomic E-state index is 12.8. The van der Waals surface area contributed by atoms with Crippen molar-refractivity contribution in [3.63, 3.8) is 0 Å². The third-order valence-electron chi connectivity index (χ3n) is 4.33. The predicted octanol–water partition coefficient (Wildman–Crippen LogP) is 4.78. The molecular weight excluding hydrogens is 376 g/mol. The molecule has 0 bridgehead atoms. The van der Waals surface area contributed by atoms with E-state index in [9.17, 15) is 4.79 Å². The van der Waals surface area contributed by atoms with E-state index < -0.39 is 0 Å². The van der Waals surface area contributed by atoms with Crippen LogP contribution < -0.4 is 0 Å². The maximum atomic E-state index is 12.8. The summed E-state index contributed by atoms with van der Waals surface area (Å²) in [6, 6.07) is 13.4. The summed E-state index contributed by atoms with van der Waals surface area (Å²) in [5.41, 5.74) is 4.15. The van der Waals surface area contributed by atoms with Crippen LogP contribution in [0.25, 0.3) is 10.9 Å². The van der Waals surface area contributed by atoms with E-state index >= 15 is 0 Å². The van der Waals surface area contributed by atoms with Crippen molar-refractivity contribution in [2.45, 2.75) is 13.0 Å². The average Bonchev–Trinajstić information content (AvgIpc) is 2.91. The van der Waals surface area contributed by atoms with E-state index in [0.717, 1.165) is 26.8 Å². The van der Waals surface area contributed by atoms with Crippen molar-refractivity contribution in [1.82, 2.24) is 9.88 Å². The van der Waals surface area contributed by atoms with Crippen molar-refractivity contribution < 1.29 is 4.79 Å². The summed E-state index contributed by atoms with van der Waals surface area (Å²) in [4.78, 5) is 18.1. The standard InChI is InChI=1S/C18H14BrClN2O/c19-15-4-2-1-3-13(15)18(23)22-8-7-16-14(10-22)12-6-5-11(20)9-17(12)21-16/h1-6,9,21H,7-8,10H2. The minimum absolute atomic E-state index is 0.0615. The van der Waals surface area contributed by atoms with E-state index in [1.54, 1.807) is 0 Å². The predicted molar refractivity (Wildman–Crippen MR) is 95.9 cm³/mol. The molecular formula is C18H14BrClN2O. The van der Waals surface area contributed by atoms with E-state index in [2.05, 4.69) is 20.9 Å². The van der Waals surface area contributed by atoms with Gasteiger partial charge in [-0.1, -0.05) is 29.8 Å². The van der Waals surface area contributed by atoms with Crippen molar-refractivity contribution in [2.24, 2.45) is 0 Å². The zero-order chi connectivity index (χ0) is 16.0. The molecule has 0 aliphatic carbocycles. The lowest BCUT2D eigenvalue weighted by Gasteiger charge is -2.27. The second-order valence-electron chi connectivity index (χ2n) is 5.73. The van der Waals surface area contributed by atoms with Gasteiger partial charge in [0.1, 0.15) is 0 Å². The Morgan fingerprint density at radius 1 is 1.22 bits per heavy atom. The highest BCUT2D eigenvalue weighted by Crippen LogP contribution is 2.30. The first kappa shape index (κ1) is 14.8. The molecule has 4 rings (SSSR count). The van der Waals surface area contributed by atoms with Gasteiger partial charge in [0, 0.05) is 51.2 Å². The first-order valence-electron chi connectivity index (χ1n) is 7.46. The normalized spacial score (nSPS) is 14.1. The number of hydrogen-bond acceptors (Lipinski definition) is 1. The van der Waals surface area contributed by atoms with Crippen LogP contribution in [0, 0.1) is 0 Å². The Morgan fingerprint density at radius 2 is 2.04 bits per heavy atom. The molecule has 0 fully saturated rings. The smallest absolute Gasteiger partial charge is 0.255 e. The minimum Gasteiger partial charge on any atom is -0.358 e. The van der Waals surface area contributed by atoms with Gasteiger partial charge in [-0.15, -0.1) is 0 Å². The van der Waals surface area contributed by atoms with Gasteiger partial charge >= 0.3 is 0 Å². The van der Waals surface area contributed by atoms with Crippen LogP contribution in [0.5, 0.6) is 0 Å². The Labute approximate surface area is 147 Å². The molecule has 1 amide bonds. The lowest BCUT2D eigenvalue weighted by Crippen LogP contribution is -2.35. The topological polar surface area (TPSA) is 36.1 Å². The molecule has 1 aliphatic heterocycles. The minimum atomic E-state index is 0.0615. The van der Waals surface area contributed by atoms with Gasteiger partial charge in [-0.3, -0.25) is 4.79 Å². The molecule has 116 valence electrons. The Hall–Kier alpha value is -1.78. The summed E-state index contributed by atoms with van der Waals surface area (Å²) < 4.78 is 0.835. The zero-order valence-electron chi connectivity index (χ0n) is 12.3. The van der Waals surface area contributed by atoms with Gasteiger partial charge in [0.2, 0.25) is 0 Å². The van der Waals surface area contributed by atoms with Crippen molar-refractivity contribution in [3.8, 4) is 0 Å². The van der Waals surface area contributed by atoms with Crippen LogP contribution in [0.15, 0.2) is 46.9 Å². The molecule has 0 atom stereocenters. The summed E-state index contributed by atoms with van der Waals surface area (Å²) in [6.07, 6.45) is 0.831. The van der Waals surface area contributed by atoms with Crippen molar-refractivity contribution in [2.75, 3.05) is 6.54 Å². The number of rotatable bonds is 1. The molecule has 0 radical (unpaired) electrons.